The topological polar surface area (TPSA) is 55.8 Å². The lowest BCUT2D eigenvalue weighted by molar-refractivity contribution is -0.240. The molecule has 0 amide bonds. The van der Waals surface area contributed by atoms with E-state index in [1.807, 2.05) is 13.8 Å². The van der Waals surface area contributed by atoms with Crippen LogP contribution in [0.3, 0.4) is 0 Å². The molecular weight excluding hydrogens is 148 g/mol. The van der Waals surface area contributed by atoms with E-state index in [0.29, 0.717) is 0 Å². The van der Waals surface area contributed by atoms with Gasteiger partial charge in [-0.3, -0.25) is 0 Å². The summed E-state index contributed by atoms with van der Waals surface area (Å²) in [5.41, 5.74) is 0. The van der Waals surface area contributed by atoms with E-state index >= 15 is 0 Å². The third-order valence-electron chi connectivity index (χ3n) is 1.58. The lowest BCUT2D eigenvalue weighted by Gasteiger charge is -2.29. The zero-order chi connectivity index (χ0) is 8.43. The third kappa shape index (κ3) is 2.17. The van der Waals surface area contributed by atoms with Crippen LogP contribution in [0.1, 0.15) is 20.3 Å². The minimum Gasteiger partial charge on any atom is -0.477 e. The average Bonchev–Trinajstić information content (AvgIpc) is 1.85. The van der Waals surface area contributed by atoms with Crippen molar-refractivity contribution in [3.63, 3.8) is 0 Å². The predicted octanol–water partition coefficient (Wildman–Crippen LogP) is 0.611. The van der Waals surface area contributed by atoms with Gasteiger partial charge < -0.3 is 14.6 Å². The monoisotopic (exact) mass is 160 g/mol. The Morgan fingerprint density at radius 3 is 2.18 bits per heavy atom. The van der Waals surface area contributed by atoms with Crippen LogP contribution in [0.2, 0.25) is 0 Å². The van der Waals surface area contributed by atoms with Gasteiger partial charge >= 0.3 is 5.97 Å². The second kappa shape index (κ2) is 3.19. The Morgan fingerprint density at radius 2 is 1.82 bits per heavy atom. The molecule has 1 aliphatic heterocycles. The van der Waals surface area contributed by atoms with Crippen molar-refractivity contribution in [3.8, 4) is 0 Å². The van der Waals surface area contributed by atoms with Crippen LogP contribution in [0.4, 0.5) is 0 Å². The van der Waals surface area contributed by atoms with E-state index in [9.17, 15) is 4.79 Å². The van der Waals surface area contributed by atoms with Crippen LogP contribution in [-0.2, 0) is 14.3 Å². The van der Waals surface area contributed by atoms with Gasteiger partial charge in [-0.15, -0.1) is 0 Å². The van der Waals surface area contributed by atoms with Gasteiger partial charge in [0.05, 0.1) is 12.2 Å². The fourth-order valence-electron chi connectivity index (χ4n) is 1.15. The standard InChI is InChI=1S/C7H12O4/c1-4-3-5(2)11-7(10-4)6(8)9/h4-5,7H,3H2,1-2H3,(H,8,9)/t4-,5-/m1/s1. The molecule has 0 unspecified atom stereocenters. The SMILES string of the molecule is C[C@@H]1C[C@@H](C)OC(C(=O)O)O1. The molecule has 0 saturated carbocycles. The maximum atomic E-state index is 10.4. The normalized spacial score (nSPS) is 38.5. The maximum Gasteiger partial charge on any atom is 0.361 e. The Labute approximate surface area is 65.1 Å². The zero-order valence-electron chi connectivity index (χ0n) is 6.61. The van der Waals surface area contributed by atoms with Gasteiger partial charge in [0.2, 0.25) is 0 Å². The molecule has 0 spiro atoms. The molecule has 1 aliphatic rings. The molecule has 4 nitrogen and oxygen atoms in total. The van der Waals surface area contributed by atoms with E-state index in [1.165, 1.54) is 0 Å². The van der Waals surface area contributed by atoms with Gasteiger partial charge in [-0.1, -0.05) is 0 Å². The number of aliphatic carboxylic acids is 1. The van der Waals surface area contributed by atoms with Crippen molar-refractivity contribution in [2.75, 3.05) is 0 Å². The van der Waals surface area contributed by atoms with E-state index in [-0.39, 0.29) is 12.2 Å². The van der Waals surface area contributed by atoms with Gasteiger partial charge in [-0.05, 0) is 20.3 Å². The lowest BCUT2D eigenvalue weighted by atomic mass is 10.2. The largest absolute Gasteiger partial charge is 0.477 e. The van der Waals surface area contributed by atoms with Gasteiger partial charge in [0, 0.05) is 0 Å². The molecule has 1 rings (SSSR count). The molecule has 0 aromatic heterocycles. The summed E-state index contributed by atoms with van der Waals surface area (Å²) in [6.45, 7) is 3.68. The van der Waals surface area contributed by atoms with Crippen LogP contribution in [0.15, 0.2) is 0 Å². The van der Waals surface area contributed by atoms with E-state index < -0.39 is 12.3 Å². The van der Waals surface area contributed by atoms with Crippen LogP contribution >= 0.6 is 0 Å². The number of carboxylic acid groups (broad SMARTS) is 1. The maximum absolute atomic E-state index is 10.4. The number of rotatable bonds is 1. The molecule has 1 saturated heterocycles. The van der Waals surface area contributed by atoms with Gasteiger partial charge in [0.15, 0.2) is 0 Å². The van der Waals surface area contributed by atoms with Crippen molar-refractivity contribution in [3.05, 3.63) is 0 Å². The minimum atomic E-state index is -1.08. The van der Waals surface area contributed by atoms with E-state index in [1.54, 1.807) is 0 Å². The quantitative estimate of drug-likeness (QED) is 0.610. The molecule has 64 valence electrons. The summed E-state index contributed by atoms with van der Waals surface area (Å²) in [6, 6.07) is 0. The highest BCUT2D eigenvalue weighted by atomic mass is 16.7. The van der Waals surface area contributed by atoms with Crippen molar-refractivity contribution in [1.29, 1.82) is 0 Å². The zero-order valence-corrected chi connectivity index (χ0v) is 6.61. The Bertz CT molecular complexity index is 147. The first kappa shape index (κ1) is 8.49. The first-order valence-electron chi connectivity index (χ1n) is 3.63. The van der Waals surface area contributed by atoms with Crippen molar-refractivity contribution >= 4 is 5.97 Å². The van der Waals surface area contributed by atoms with Crippen LogP contribution in [0.25, 0.3) is 0 Å². The molecule has 0 bridgehead atoms. The Morgan fingerprint density at radius 1 is 1.36 bits per heavy atom. The molecule has 1 fully saturated rings. The second-order valence-electron chi connectivity index (χ2n) is 2.80. The molecule has 1 N–H and O–H groups in total. The van der Waals surface area contributed by atoms with Crippen LogP contribution < -0.4 is 0 Å². The molecule has 0 aromatic carbocycles. The highest BCUT2D eigenvalue weighted by Crippen LogP contribution is 2.17. The average molecular weight is 160 g/mol. The van der Waals surface area contributed by atoms with Crippen molar-refractivity contribution in [2.24, 2.45) is 0 Å². The smallest absolute Gasteiger partial charge is 0.361 e. The summed E-state index contributed by atoms with van der Waals surface area (Å²) in [5.74, 6) is -1.05. The van der Waals surface area contributed by atoms with Crippen molar-refractivity contribution in [2.45, 2.75) is 38.8 Å². The number of hydrogen-bond donors (Lipinski definition) is 1. The Hall–Kier alpha value is -0.610. The number of carboxylic acids is 1. The van der Waals surface area contributed by atoms with Crippen LogP contribution in [0.5, 0.6) is 0 Å². The van der Waals surface area contributed by atoms with E-state index in [2.05, 4.69) is 0 Å². The van der Waals surface area contributed by atoms with Crippen LogP contribution in [0, 0.1) is 0 Å². The summed E-state index contributed by atoms with van der Waals surface area (Å²) in [6.07, 6.45) is -0.377. The lowest BCUT2D eigenvalue weighted by Crippen LogP contribution is -2.40. The summed E-state index contributed by atoms with van der Waals surface area (Å²) in [4.78, 5) is 10.4. The van der Waals surface area contributed by atoms with Crippen LogP contribution in [-0.4, -0.2) is 29.6 Å². The molecule has 0 aromatic rings. The first-order chi connectivity index (χ1) is 5.09. The van der Waals surface area contributed by atoms with Gasteiger partial charge in [0.1, 0.15) is 0 Å². The van der Waals surface area contributed by atoms with Gasteiger partial charge in [-0.25, -0.2) is 4.79 Å². The summed E-state index contributed by atoms with van der Waals surface area (Å²) in [7, 11) is 0. The molecule has 2 atom stereocenters. The highest BCUT2D eigenvalue weighted by molar-refractivity contribution is 5.70. The fraction of sp³-hybridized carbons (Fsp3) is 0.857. The highest BCUT2D eigenvalue weighted by Gasteiger charge is 2.29. The predicted molar refractivity (Wildman–Crippen MR) is 37.1 cm³/mol. The van der Waals surface area contributed by atoms with E-state index in [4.69, 9.17) is 14.6 Å². The summed E-state index contributed by atoms with van der Waals surface area (Å²) >= 11 is 0. The van der Waals surface area contributed by atoms with Gasteiger partial charge in [0.25, 0.3) is 6.29 Å². The molecular formula is C7H12O4. The minimum absolute atomic E-state index is 0.0279. The fourth-order valence-corrected chi connectivity index (χ4v) is 1.15. The molecule has 0 radical (unpaired) electrons. The molecule has 4 heteroatoms. The molecule has 11 heavy (non-hydrogen) atoms. The number of carbonyl (C=O) groups is 1. The molecule has 0 aliphatic carbocycles. The van der Waals surface area contributed by atoms with Crippen molar-refractivity contribution < 1.29 is 19.4 Å². The Balaban J connectivity index is 2.49. The second-order valence-corrected chi connectivity index (χ2v) is 2.80. The van der Waals surface area contributed by atoms with Gasteiger partial charge in [-0.2, -0.15) is 0 Å². The first-order valence-corrected chi connectivity index (χ1v) is 3.63. The Kier molecular flexibility index (Phi) is 2.46. The number of hydrogen-bond acceptors (Lipinski definition) is 3. The summed E-state index contributed by atoms with van der Waals surface area (Å²) < 4.78 is 9.99. The molecule has 1 heterocycles. The van der Waals surface area contributed by atoms with E-state index in [0.717, 1.165) is 6.42 Å². The van der Waals surface area contributed by atoms with Crippen molar-refractivity contribution in [1.82, 2.24) is 0 Å². The number of ether oxygens (including phenoxy) is 2. The third-order valence-corrected chi connectivity index (χ3v) is 1.58. The summed E-state index contributed by atoms with van der Waals surface area (Å²) in [5, 5.41) is 8.52.